The molecular weight excluding hydrogens is 368 g/mol. The second-order valence-electron chi connectivity index (χ2n) is 3.89. The molecule has 1 aromatic carbocycles. The Balaban J connectivity index is 2.17. The number of rotatable bonds is 4. The summed E-state index contributed by atoms with van der Waals surface area (Å²) in [6.45, 7) is 0.245. The molecule has 0 aliphatic rings. The average molecular weight is 378 g/mol. The maximum Gasteiger partial charge on any atom is 0.238 e. The van der Waals surface area contributed by atoms with Crippen molar-refractivity contribution in [2.24, 2.45) is 5.14 Å². The molecule has 0 fully saturated rings. The first-order valence-corrected chi connectivity index (χ1v) is 8.13. The van der Waals surface area contributed by atoms with Crippen LogP contribution in [0, 0.1) is 0 Å². The largest absolute Gasteiger partial charge is 0.488 e. The van der Waals surface area contributed by atoms with Crippen LogP contribution in [0.25, 0.3) is 0 Å². The number of hydrogen-bond acceptors (Lipinski definition) is 4. The Bertz CT molecular complexity index is 737. The van der Waals surface area contributed by atoms with Gasteiger partial charge in [-0.1, -0.05) is 11.6 Å². The van der Waals surface area contributed by atoms with Crippen LogP contribution in [-0.4, -0.2) is 13.4 Å². The van der Waals surface area contributed by atoms with E-state index in [9.17, 15) is 8.42 Å². The molecule has 0 aliphatic carbocycles. The van der Waals surface area contributed by atoms with Crippen molar-refractivity contribution in [3.05, 3.63) is 51.7 Å². The molecule has 0 saturated carbocycles. The van der Waals surface area contributed by atoms with Crippen molar-refractivity contribution in [3.63, 3.8) is 0 Å². The molecular formula is C12H10BrClN2O3S. The number of benzene rings is 1. The lowest BCUT2D eigenvalue weighted by atomic mass is 10.3. The summed E-state index contributed by atoms with van der Waals surface area (Å²) in [7, 11) is -3.73. The van der Waals surface area contributed by atoms with Gasteiger partial charge in [-0.15, -0.1) is 0 Å². The molecule has 0 atom stereocenters. The van der Waals surface area contributed by atoms with E-state index >= 15 is 0 Å². The molecule has 106 valence electrons. The zero-order valence-electron chi connectivity index (χ0n) is 10.1. The van der Waals surface area contributed by atoms with Crippen LogP contribution in [0.1, 0.15) is 5.56 Å². The summed E-state index contributed by atoms with van der Waals surface area (Å²) in [5.74, 6) is 0.491. The van der Waals surface area contributed by atoms with Crippen molar-refractivity contribution in [1.29, 1.82) is 0 Å². The Morgan fingerprint density at radius 3 is 2.70 bits per heavy atom. The van der Waals surface area contributed by atoms with Crippen LogP contribution >= 0.6 is 27.5 Å². The van der Waals surface area contributed by atoms with E-state index in [1.807, 2.05) is 0 Å². The van der Waals surface area contributed by atoms with Gasteiger partial charge < -0.3 is 4.74 Å². The quantitative estimate of drug-likeness (QED) is 0.888. The predicted molar refractivity (Wildman–Crippen MR) is 79.1 cm³/mol. The molecule has 1 aromatic heterocycles. The van der Waals surface area contributed by atoms with E-state index in [0.717, 1.165) is 5.56 Å². The van der Waals surface area contributed by atoms with E-state index in [-0.39, 0.29) is 11.5 Å². The van der Waals surface area contributed by atoms with E-state index in [1.54, 1.807) is 12.3 Å². The fraction of sp³-hybridized carbons (Fsp3) is 0.0833. The van der Waals surface area contributed by atoms with Gasteiger partial charge in [0.25, 0.3) is 0 Å². The maximum absolute atomic E-state index is 11.2. The van der Waals surface area contributed by atoms with Crippen molar-refractivity contribution in [2.75, 3.05) is 0 Å². The molecule has 0 radical (unpaired) electrons. The average Bonchev–Trinajstić information content (AvgIpc) is 2.38. The normalized spacial score (nSPS) is 11.3. The lowest BCUT2D eigenvalue weighted by Gasteiger charge is -2.10. The summed E-state index contributed by atoms with van der Waals surface area (Å²) in [6, 6.07) is 6.04. The number of pyridine rings is 1. The molecule has 5 nitrogen and oxygen atoms in total. The minimum atomic E-state index is -3.73. The molecule has 2 N–H and O–H groups in total. The number of nitrogens with two attached hydrogens (primary N) is 1. The summed E-state index contributed by atoms with van der Waals surface area (Å²) >= 11 is 9.21. The van der Waals surface area contributed by atoms with Crippen LogP contribution in [0.2, 0.25) is 5.02 Å². The third kappa shape index (κ3) is 3.69. The molecule has 20 heavy (non-hydrogen) atoms. The minimum Gasteiger partial charge on any atom is -0.488 e. The van der Waals surface area contributed by atoms with Gasteiger partial charge in [0.1, 0.15) is 12.4 Å². The molecule has 0 spiro atoms. The molecule has 0 saturated heterocycles. The van der Waals surface area contributed by atoms with Crippen LogP contribution in [0.15, 0.2) is 46.0 Å². The molecule has 8 heteroatoms. The standard InChI is InChI=1S/C12H10BrClN2O3S/c13-10-5-9(20(15,17)18)1-2-12(10)19-7-8-3-4-16-6-11(8)14/h1-6H,7H2,(H2,15,17,18). The Morgan fingerprint density at radius 1 is 1.35 bits per heavy atom. The van der Waals surface area contributed by atoms with Gasteiger partial charge in [-0.05, 0) is 40.2 Å². The van der Waals surface area contributed by atoms with Gasteiger partial charge in [-0.25, -0.2) is 13.6 Å². The highest BCUT2D eigenvalue weighted by atomic mass is 79.9. The van der Waals surface area contributed by atoms with E-state index < -0.39 is 10.0 Å². The van der Waals surface area contributed by atoms with Gasteiger partial charge in [0.2, 0.25) is 10.0 Å². The number of aromatic nitrogens is 1. The zero-order valence-corrected chi connectivity index (χ0v) is 13.2. The first kappa shape index (κ1) is 15.2. The van der Waals surface area contributed by atoms with Crippen LogP contribution in [0.4, 0.5) is 0 Å². The Hall–Kier alpha value is -1.15. The van der Waals surface area contributed by atoms with Crippen molar-refractivity contribution in [3.8, 4) is 5.75 Å². The second kappa shape index (κ2) is 6.09. The molecule has 2 aromatic rings. The lowest BCUT2D eigenvalue weighted by molar-refractivity contribution is 0.304. The van der Waals surface area contributed by atoms with Crippen LogP contribution in [-0.2, 0) is 16.6 Å². The highest BCUT2D eigenvalue weighted by Crippen LogP contribution is 2.28. The maximum atomic E-state index is 11.2. The number of halogens is 2. The fourth-order valence-corrected chi connectivity index (χ4v) is 2.81. The summed E-state index contributed by atoms with van der Waals surface area (Å²) in [6.07, 6.45) is 3.14. The molecule has 2 rings (SSSR count). The van der Waals surface area contributed by atoms with Gasteiger partial charge in [-0.2, -0.15) is 0 Å². The Kier molecular flexibility index (Phi) is 4.64. The third-order valence-corrected chi connectivity index (χ3v) is 4.34. The summed E-state index contributed by atoms with van der Waals surface area (Å²) < 4.78 is 28.5. The molecule has 1 heterocycles. The van der Waals surface area contributed by atoms with Gasteiger partial charge in [-0.3, -0.25) is 4.98 Å². The van der Waals surface area contributed by atoms with Crippen molar-refractivity contribution in [1.82, 2.24) is 4.98 Å². The van der Waals surface area contributed by atoms with E-state index in [4.69, 9.17) is 21.5 Å². The third-order valence-electron chi connectivity index (χ3n) is 2.47. The van der Waals surface area contributed by atoms with Gasteiger partial charge >= 0.3 is 0 Å². The van der Waals surface area contributed by atoms with Crippen molar-refractivity contribution in [2.45, 2.75) is 11.5 Å². The first-order chi connectivity index (χ1) is 9.38. The SMILES string of the molecule is NS(=O)(=O)c1ccc(OCc2ccncc2Cl)c(Br)c1. The van der Waals surface area contributed by atoms with E-state index in [1.165, 1.54) is 24.4 Å². The smallest absolute Gasteiger partial charge is 0.238 e. The second-order valence-corrected chi connectivity index (χ2v) is 6.72. The molecule has 0 aliphatic heterocycles. The number of hydrogen-bond donors (Lipinski definition) is 1. The topological polar surface area (TPSA) is 82.3 Å². The van der Waals surface area contributed by atoms with Crippen LogP contribution < -0.4 is 9.88 Å². The Labute approximate surface area is 129 Å². The summed E-state index contributed by atoms with van der Waals surface area (Å²) in [5.41, 5.74) is 0.782. The van der Waals surface area contributed by atoms with Gasteiger partial charge in [0.05, 0.1) is 14.4 Å². The highest BCUT2D eigenvalue weighted by molar-refractivity contribution is 9.10. The molecule has 0 amide bonds. The number of primary sulfonamides is 1. The van der Waals surface area contributed by atoms with Crippen molar-refractivity contribution < 1.29 is 13.2 Å². The van der Waals surface area contributed by atoms with Crippen molar-refractivity contribution >= 4 is 37.6 Å². The van der Waals surface area contributed by atoms with Crippen LogP contribution in [0.3, 0.4) is 0 Å². The fourth-order valence-electron chi connectivity index (χ4n) is 1.45. The van der Waals surface area contributed by atoms with Gasteiger partial charge in [0.15, 0.2) is 0 Å². The van der Waals surface area contributed by atoms with E-state index in [2.05, 4.69) is 20.9 Å². The number of sulfonamides is 1. The lowest BCUT2D eigenvalue weighted by Crippen LogP contribution is -2.12. The first-order valence-electron chi connectivity index (χ1n) is 5.41. The zero-order chi connectivity index (χ0) is 14.8. The summed E-state index contributed by atoms with van der Waals surface area (Å²) in [5, 5.41) is 5.55. The highest BCUT2D eigenvalue weighted by Gasteiger charge is 2.11. The molecule has 0 bridgehead atoms. The number of nitrogens with zero attached hydrogens (tertiary/aromatic N) is 1. The Morgan fingerprint density at radius 2 is 2.10 bits per heavy atom. The molecule has 0 unspecified atom stereocenters. The minimum absolute atomic E-state index is 0.0127. The van der Waals surface area contributed by atoms with E-state index in [0.29, 0.717) is 15.2 Å². The predicted octanol–water partition coefficient (Wildman–Crippen LogP) is 2.72. The summed E-state index contributed by atoms with van der Waals surface area (Å²) in [4.78, 5) is 3.89. The van der Waals surface area contributed by atoms with Crippen LogP contribution in [0.5, 0.6) is 5.75 Å². The number of ether oxygens (including phenoxy) is 1. The van der Waals surface area contributed by atoms with Gasteiger partial charge in [0, 0.05) is 18.0 Å². The monoisotopic (exact) mass is 376 g/mol.